The number of benzene rings is 1. The van der Waals surface area contributed by atoms with Crippen LogP contribution < -0.4 is 0 Å². The second-order valence-electron chi connectivity index (χ2n) is 5.04. The second-order valence-corrected chi connectivity index (χ2v) is 5.04. The molecule has 21 heavy (non-hydrogen) atoms. The van der Waals surface area contributed by atoms with Crippen LogP contribution in [0.25, 0.3) is 0 Å². The number of carbonyl (C=O) groups is 2. The molecule has 0 bridgehead atoms. The van der Waals surface area contributed by atoms with E-state index in [-0.39, 0.29) is 30.2 Å². The normalized spacial score (nSPS) is 17.8. The number of amides is 1. The Kier molecular flexibility index (Phi) is 6.69. The molecule has 1 fully saturated rings. The summed E-state index contributed by atoms with van der Waals surface area (Å²) in [7, 11) is 0. The molecule has 0 saturated carbocycles. The summed E-state index contributed by atoms with van der Waals surface area (Å²) < 4.78 is 5.05. The quantitative estimate of drug-likeness (QED) is 0.806. The van der Waals surface area contributed by atoms with E-state index in [2.05, 4.69) is 6.92 Å². The molecule has 1 saturated heterocycles. The van der Waals surface area contributed by atoms with Gasteiger partial charge in [-0.25, -0.2) is 0 Å². The van der Waals surface area contributed by atoms with Gasteiger partial charge in [0, 0.05) is 18.7 Å². The Morgan fingerprint density at radius 3 is 2.62 bits per heavy atom. The predicted octanol–water partition coefficient (Wildman–Crippen LogP) is 2.71. The lowest BCUT2D eigenvalue weighted by Gasteiger charge is -2.31. The van der Waals surface area contributed by atoms with E-state index in [9.17, 15) is 9.59 Å². The monoisotopic (exact) mass is 310 g/mol. The summed E-state index contributed by atoms with van der Waals surface area (Å²) >= 11 is 0. The van der Waals surface area contributed by atoms with E-state index in [1.54, 1.807) is 24.0 Å². The summed E-state index contributed by atoms with van der Waals surface area (Å²) in [5.41, 5.74) is 1.52. The smallest absolute Gasteiger partial charge is 0.310 e. The van der Waals surface area contributed by atoms with Crippen LogP contribution in [-0.2, 0) is 9.53 Å². The third-order valence-corrected chi connectivity index (χ3v) is 3.53. The Bertz CT molecular complexity index is 487. The van der Waals surface area contributed by atoms with Gasteiger partial charge in [0.1, 0.15) is 0 Å². The lowest BCUT2D eigenvalue weighted by Crippen LogP contribution is -2.42. The van der Waals surface area contributed by atoms with Crippen molar-refractivity contribution >= 4 is 24.3 Å². The van der Waals surface area contributed by atoms with E-state index in [0.29, 0.717) is 25.3 Å². The number of nitrogens with zero attached hydrogens (tertiary/aromatic N) is 1. The van der Waals surface area contributed by atoms with Gasteiger partial charge >= 0.3 is 5.97 Å². The number of piperidine rings is 1. The zero-order valence-electron chi connectivity index (χ0n) is 12.2. The van der Waals surface area contributed by atoms with Gasteiger partial charge in [0.15, 0.2) is 0 Å². The fourth-order valence-electron chi connectivity index (χ4n) is 2.44. The lowest BCUT2D eigenvalue weighted by atomic mass is 9.97. The van der Waals surface area contributed by atoms with Crippen LogP contribution in [0.1, 0.15) is 35.7 Å². The van der Waals surface area contributed by atoms with Gasteiger partial charge in [0.2, 0.25) is 0 Å². The SMILES string of the molecule is Cl.[CH2]c1ccc(C(=O)N2CCCC(C(=O)OCC)C2)cc1. The van der Waals surface area contributed by atoms with Gasteiger partial charge in [-0.1, -0.05) is 12.1 Å². The zero-order chi connectivity index (χ0) is 14.5. The maximum atomic E-state index is 12.4. The van der Waals surface area contributed by atoms with Crippen molar-refractivity contribution in [3.8, 4) is 0 Å². The highest BCUT2D eigenvalue weighted by Crippen LogP contribution is 2.20. The van der Waals surface area contributed by atoms with Crippen LogP contribution >= 0.6 is 12.4 Å². The molecular formula is C16H21ClNO3. The number of rotatable bonds is 3. The van der Waals surface area contributed by atoms with Crippen LogP contribution in [0.3, 0.4) is 0 Å². The number of halogens is 1. The Balaban J connectivity index is 0.00000220. The number of esters is 1. The molecule has 1 amide bonds. The molecule has 1 heterocycles. The minimum absolute atomic E-state index is 0. The van der Waals surface area contributed by atoms with Crippen LogP contribution in [0.15, 0.2) is 24.3 Å². The Morgan fingerprint density at radius 1 is 1.33 bits per heavy atom. The maximum Gasteiger partial charge on any atom is 0.310 e. The summed E-state index contributed by atoms with van der Waals surface area (Å²) in [4.78, 5) is 25.9. The van der Waals surface area contributed by atoms with Gasteiger partial charge in [0.05, 0.1) is 12.5 Å². The molecule has 1 radical (unpaired) electrons. The highest BCUT2D eigenvalue weighted by molar-refractivity contribution is 5.94. The topological polar surface area (TPSA) is 46.6 Å². The highest BCUT2D eigenvalue weighted by atomic mass is 35.5. The van der Waals surface area contributed by atoms with E-state index in [1.807, 2.05) is 12.1 Å². The first-order valence-electron chi connectivity index (χ1n) is 6.99. The fraction of sp³-hybridized carbons (Fsp3) is 0.438. The first-order chi connectivity index (χ1) is 9.61. The minimum Gasteiger partial charge on any atom is -0.466 e. The van der Waals surface area contributed by atoms with Crippen LogP contribution in [0.5, 0.6) is 0 Å². The van der Waals surface area contributed by atoms with E-state index in [0.717, 1.165) is 18.4 Å². The summed E-state index contributed by atoms with van der Waals surface area (Å²) in [6.07, 6.45) is 1.63. The molecule has 1 aliphatic heterocycles. The summed E-state index contributed by atoms with van der Waals surface area (Å²) in [6.45, 7) is 7.13. The molecule has 5 heteroatoms. The van der Waals surface area contributed by atoms with E-state index in [1.165, 1.54) is 0 Å². The average molecular weight is 311 g/mol. The van der Waals surface area contributed by atoms with Crippen molar-refractivity contribution in [2.24, 2.45) is 5.92 Å². The van der Waals surface area contributed by atoms with E-state index in [4.69, 9.17) is 4.74 Å². The number of likely N-dealkylation sites (tertiary alicyclic amines) is 1. The molecule has 1 aromatic rings. The largest absolute Gasteiger partial charge is 0.466 e. The molecule has 0 aromatic heterocycles. The standard InChI is InChI=1S/C16H20NO3.ClH/c1-3-20-16(19)14-5-4-10-17(11-14)15(18)13-8-6-12(2)7-9-13;/h6-9,14H,2-5,10-11H2,1H3;1H. The molecule has 115 valence electrons. The summed E-state index contributed by atoms with van der Waals surface area (Å²) in [5.74, 6) is -0.420. The number of hydrogen-bond donors (Lipinski definition) is 0. The van der Waals surface area contributed by atoms with Crippen LogP contribution in [-0.4, -0.2) is 36.5 Å². The lowest BCUT2D eigenvalue weighted by molar-refractivity contribution is -0.149. The van der Waals surface area contributed by atoms with Crippen LogP contribution in [0.2, 0.25) is 0 Å². The molecular weight excluding hydrogens is 290 g/mol. The molecule has 2 rings (SSSR count). The number of ether oxygens (including phenoxy) is 1. The van der Waals surface area contributed by atoms with Crippen molar-refractivity contribution < 1.29 is 14.3 Å². The molecule has 1 unspecified atom stereocenters. The fourth-order valence-corrected chi connectivity index (χ4v) is 2.44. The molecule has 1 atom stereocenters. The third kappa shape index (κ3) is 4.46. The Labute approximate surface area is 131 Å². The average Bonchev–Trinajstić information content (AvgIpc) is 2.48. The zero-order valence-corrected chi connectivity index (χ0v) is 13.0. The molecule has 0 N–H and O–H groups in total. The maximum absolute atomic E-state index is 12.4. The summed E-state index contributed by atoms with van der Waals surface area (Å²) in [6, 6.07) is 7.19. The van der Waals surface area contributed by atoms with E-state index >= 15 is 0 Å². The van der Waals surface area contributed by atoms with Crippen molar-refractivity contribution in [3.05, 3.63) is 42.3 Å². The first kappa shape index (κ1) is 17.5. The minimum atomic E-state index is -0.196. The van der Waals surface area contributed by atoms with Crippen molar-refractivity contribution in [1.29, 1.82) is 0 Å². The highest BCUT2D eigenvalue weighted by Gasteiger charge is 2.29. The predicted molar refractivity (Wildman–Crippen MR) is 83.4 cm³/mol. The van der Waals surface area contributed by atoms with Gasteiger partial charge < -0.3 is 9.64 Å². The molecule has 0 spiro atoms. The van der Waals surface area contributed by atoms with Crippen molar-refractivity contribution in [2.75, 3.05) is 19.7 Å². The number of hydrogen-bond acceptors (Lipinski definition) is 3. The Hall–Kier alpha value is -1.55. The number of carbonyl (C=O) groups excluding carboxylic acids is 2. The van der Waals surface area contributed by atoms with Crippen LogP contribution in [0, 0.1) is 12.8 Å². The van der Waals surface area contributed by atoms with Crippen LogP contribution in [0.4, 0.5) is 0 Å². The van der Waals surface area contributed by atoms with Crippen molar-refractivity contribution in [3.63, 3.8) is 0 Å². The Morgan fingerprint density at radius 2 is 2.00 bits per heavy atom. The molecule has 1 aromatic carbocycles. The van der Waals surface area contributed by atoms with Gasteiger partial charge in [-0.05, 0) is 44.4 Å². The summed E-state index contributed by atoms with van der Waals surface area (Å²) in [5, 5.41) is 0. The van der Waals surface area contributed by atoms with Gasteiger partial charge in [-0.3, -0.25) is 9.59 Å². The van der Waals surface area contributed by atoms with E-state index < -0.39 is 0 Å². The van der Waals surface area contributed by atoms with Gasteiger partial charge in [-0.15, -0.1) is 12.4 Å². The molecule has 0 aliphatic carbocycles. The van der Waals surface area contributed by atoms with Gasteiger partial charge in [0.25, 0.3) is 5.91 Å². The molecule has 4 nitrogen and oxygen atoms in total. The van der Waals surface area contributed by atoms with Gasteiger partial charge in [-0.2, -0.15) is 0 Å². The first-order valence-corrected chi connectivity index (χ1v) is 6.99. The third-order valence-electron chi connectivity index (χ3n) is 3.53. The second kappa shape index (κ2) is 8.03. The molecule has 1 aliphatic rings. The van der Waals surface area contributed by atoms with Crippen molar-refractivity contribution in [2.45, 2.75) is 19.8 Å². The van der Waals surface area contributed by atoms with Crippen molar-refractivity contribution in [1.82, 2.24) is 4.90 Å².